The van der Waals surface area contributed by atoms with Crippen LogP contribution < -0.4 is 10.1 Å². The zero-order valence-electron chi connectivity index (χ0n) is 18.6. The fourth-order valence-electron chi connectivity index (χ4n) is 3.97. The number of carbonyl (C=O) groups is 1. The lowest BCUT2D eigenvalue weighted by Crippen LogP contribution is -2.41. The first-order chi connectivity index (χ1) is 14.5. The molecule has 30 heavy (non-hydrogen) atoms. The molecule has 1 heterocycles. The second-order valence-corrected chi connectivity index (χ2v) is 9.01. The second kappa shape index (κ2) is 10.8. The van der Waals surface area contributed by atoms with E-state index >= 15 is 0 Å². The van der Waals surface area contributed by atoms with Crippen LogP contribution in [0.25, 0.3) is 0 Å². The van der Waals surface area contributed by atoms with Crippen LogP contribution in [0.15, 0.2) is 29.4 Å². The predicted molar refractivity (Wildman–Crippen MR) is 121 cm³/mol. The van der Waals surface area contributed by atoms with Gasteiger partial charge in [0, 0.05) is 12.6 Å². The molecule has 1 aromatic heterocycles. The van der Waals surface area contributed by atoms with Gasteiger partial charge in [-0.25, -0.2) is 0 Å². The van der Waals surface area contributed by atoms with E-state index in [1.165, 1.54) is 36.6 Å². The smallest absolute Gasteiger partial charge is 0.230 e. The molecule has 164 valence electrons. The maximum absolute atomic E-state index is 12.4. The highest BCUT2D eigenvalue weighted by Crippen LogP contribution is 2.26. The summed E-state index contributed by atoms with van der Waals surface area (Å²) in [6.45, 7) is 9.14. The second-order valence-electron chi connectivity index (χ2n) is 8.07. The Kier molecular flexibility index (Phi) is 8.19. The van der Waals surface area contributed by atoms with Crippen molar-refractivity contribution in [3.63, 3.8) is 0 Å². The summed E-state index contributed by atoms with van der Waals surface area (Å²) in [5.41, 5.74) is 1.28. The zero-order chi connectivity index (χ0) is 21.5. The van der Waals surface area contributed by atoms with Crippen LogP contribution in [0.2, 0.25) is 0 Å². The fourth-order valence-corrected chi connectivity index (χ4v) is 4.80. The number of nitrogens with one attached hydrogen (secondary N) is 1. The third kappa shape index (κ3) is 5.78. The molecule has 0 radical (unpaired) electrons. The van der Waals surface area contributed by atoms with E-state index in [2.05, 4.69) is 48.4 Å². The molecule has 1 aliphatic carbocycles. The predicted octanol–water partition coefficient (Wildman–Crippen LogP) is 4.79. The summed E-state index contributed by atoms with van der Waals surface area (Å²) >= 11 is 1.44. The number of nitrogens with zero attached hydrogens (tertiary/aromatic N) is 3. The molecule has 0 spiro atoms. The summed E-state index contributed by atoms with van der Waals surface area (Å²) in [5, 5.41) is 12.7. The van der Waals surface area contributed by atoms with Crippen molar-refractivity contribution in [2.24, 2.45) is 5.92 Å². The van der Waals surface area contributed by atoms with E-state index in [9.17, 15) is 4.79 Å². The maximum atomic E-state index is 12.4. The Morgan fingerprint density at radius 2 is 1.97 bits per heavy atom. The van der Waals surface area contributed by atoms with Crippen molar-refractivity contribution in [2.75, 3.05) is 5.75 Å². The van der Waals surface area contributed by atoms with Gasteiger partial charge < -0.3 is 14.6 Å². The number of aryl methyl sites for hydroxylation is 1. The van der Waals surface area contributed by atoms with Crippen molar-refractivity contribution in [3.05, 3.63) is 35.7 Å². The summed E-state index contributed by atoms with van der Waals surface area (Å²) in [6.07, 6.45) is 5.54. The Hall–Kier alpha value is -2.02. The first-order valence-corrected chi connectivity index (χ1v) is 12.1. The van der Waals surface area contributed by atoms with E-state index < -0.39 is 0 Å². The molecule has 6 nitrogen and oxygen atoms in total. The molecule has 1 saturated carbocycles. The summed E-state index contributed by atoms with van der Waals surface area (Å²) < 4.78 is 8.12. The van der Waals surface area contributed by atoms with Gasteiger partial charge in [0.15, 0.2) is 17.1 Å². The normalized spacial score (nSPS) is 20.0. The summed E-state index contributed by atoms with van der Waals surface area (Å²) in [5.74, 6) is 2.59. The molecule has 0 unspecified atom stereocenters. The van der Waals surface area contributed by atoms with Gasteiger partial charge in [0.05, 0.1) is 5.75 Å². The fraction of sp³-hybridized carbons (Fsp3) is 0.609. The van der Waals surface area contributed by atoms with Crippen molar-refractivity contribution in [2.45, 2.75) is 83.6 Å². The molecule has 0 saturated heterocycles. The lowest BCUT2D eigenvalue weighted by atomic mass is 9.86. The number of ether oxygens (including phenoxy) is 1. The Balaban J connectivity index is 1.58. The number of rotatable bonds is 9. The Morgan fingerprint density at radius 3 is 2.63 bits per heavy atom. The largest absolute Gasteiger partial charge is 0.483 e. The van der Waals surface area contributed by atoms with E-state index in [1.54, 1.807) is 0 Å². The number of thioether (sulfide) groups is 1. The van der Waals surface area contributed by atoms with E-state index in [1.807, 2.05) is 23.6 Å². The van der Waals surface area contributed by atoms with Crippen LogP contribution in [-0.2, 0) is 17.8 Å². The highest BCUT2D eigenvalue weighted by Gasteiger charge is 2.24. The van der Waals surface area contributed by atoms with Crippen molar-refractivity contribution >= 4 is 17.7 Å². The summed E-state index contributed by atoms with van der Waals surface area (Å²) in [6, 6.07) is 8.46. The minimum absolute atomic E-state index is 0.0752. The van der Waals surface area contributed by atoms with Crippen molar-refractivity contribution < 1.29 is 9.53 Å². The zero-order valence-corrected chi connectivity index (χ0v) is 19.4. The van der Waals surface area contributed by atoms with Gasteiger partial charge >= 0.3 is 0 Å². The number of benzene rings is 1. The van der Waals surface area contributed by atoms with Crippen LogP contribution in [0.4, 0.5) is 0 Å². The molecule has 3 atom stereocenters. The average Bonchev–Trinajstić information content (AvgIpc) is 3.17. The van der Waals surface area contributed by atoms with E-state index in [0.29, 0.717) is 17.7 Å². The van der Waals surface area contributed by atoms with Gasteiger partial charge in [0.25, 0.3) is 0 Å². The van der Waals surface area contributed by atoms with Crippen molar-refractivity contribution in [1.82, 2.24) is 20.1 Å². The molecule has 3 rings (SSSR count). The van der Waals surface area contributed by atoms with Gasteiger partial charge in [-0.3, -0.25) is 4.79 Å². The highest BCUT2D eigenvalue weighted by molar-refractivity contribution is 7.99. The van der Waals surface area contributed by atoms with Crippen LogP contribution in [0.5, 0.6) is 5.75 Å². The summed E-state index contributed by atoms with van der Waals surface area (Å²) in [7, 11) is 0. The average molecular weight is 431 g/mol. The van der Waals surface area contributed by atoms with E-state index in [-0.39, 0.29) is 12.0 Å². The van der Waals surface area contributed by atoms with Crippen molar-refractivity contribution in [1.29, 1.82) is 0 Å². The molecular formula is C23H34N4O2S. The van der Waals surface area contributed by atoms with Gasteiger partial charge in [-0.05, 0) is 56.7 Å². The molecule has 1 aromatic carbocycles. The van der Waals surface area contributed by atoms with Crippen LogP contribution in [0.3, 0.4) is 0 Å². The van der Waals surface area contributed by atoms with Gasteiger partial charge in [-0.1, -0.05) is 50.6 Å². The third-order valence-electron chi connectivity index (χ3n) is 5.86. The minimum Gasteiger partial charge on any atom is -0.483 e. The van der Waals surface area contributed by atoms with Crippen LogP contribution >= 0.6 is 11.8 Å². The van der Waals surface area contributed by atoms with Gasteiger partial charge in [0.1, 0.15) is 5.75 Å². The van der Waals surface area contributed by atoms with E-state index in [0.717, 1.165) is 36.1 Å². The van der Waals surface area contributed by atoms with Gasteiger partial charge in [0.2, 0.25) is 5.91 Å². The maximum Gasteiger partial charge on any atom is 0.230 e. The van der Waals surface area contributed by atoms with Crippen molar-refractivity contribution in [3.8, 4) is 5.75 Å². The topological polar surface area (TPSA) is 69.0 Å². The molecule has 1 amide bonds. The molecule has 0 bridgehead atoms. The first-order valence-electron chi connectivity index (χ1n) is 11.1. The first kappa shape index (κ1) is 22.7. The quantitative estimate of drug-likeness (QED) is 0.580. The Morgan fingerprint density at radius 1 is 1.23 bits per heavy atom. The number of amides is 1. The molecule has 1 N–H and O–H groups in total. The lowest BCUT2D eigenvalue weighted by molar-refractivity contribution is -0.119. The molecule has 1 aliphatic rings. The molecule has 7 heteroatoms. The van der Waals surface area contributed by atoms with Crippen LogP contribution in [0.1, 0.15) is 70.9 Å². The van der Waals surface area contributed by atoms with E-state index in [4.69, 9.17) is 4.74 Å². The molecule has 2 aromatic rings. The van der Waals surface area contributed by atoms with Gasteiger partial charge in [-0.2, -0.15) is 0 Å². The van der Waals surface area contributed by atoms with Crippen LogP contribution in [-0.4, -0.2) is 32.5 Å². The SMILES string of the molecule is CCc1ccc(O[C@H](C)c2nnc(SCC(=O)N[C@H]3CCCC[C@@H]3C)n2CC)cc1. The number of carbonyl (C=O) groups excluding carboxylic acids is 1. The summed E-state index contributed by atoms with van der Waals surface area (Å²) in [4.78, 5) is 12.4. The molecular weight excluding hydrogens is 396 g/mol. The standard InChI is InChI=1S/C23H34N4O2S/c1-5-18-11-13-19(14-12-18)29-17(4)22-25-26-23(27(22)6-2)30-15-21(28)24-20-10-8-7-9-16(20)3/h11-14,16-17,20H,5-10,15H2,1-4H3,(H,24,28)/t16-,17+,20-/m0/s1. The highest BCUT2D eigenvalue weighted by atomic mass is 32.2. The Labute approximate surface area is 184 Å². The minimum atomic E-state index is -0.226. The molecule has 0 aliphatic heterocycles. The number of hydrogen-bond donors (Lipinski definition) is 1. The Bertz CT molecular complexity index is 821. The molecule has 1 fully saturated rings. The van der Waals surface area contributed by atoms with Crippen LogP contribution in [0, 0.1) is 5.92 Å². The number of hydrogen-bond acceptors (Lipinski definition) is 5. The third-order valence-corrected chi connectivity index (χ3v) is 6.83. The number of aromatic nitrogens is 3. The van der Waals surface area contributed by atoms with Gasteiger partial charge in [-0.15, -0.1) is 10.2 Å². The lowest BCUT2D eigenvalue weighted by Gasteiger charge is -2.29. The monoisotopic (exact) mass is 430 g/mol.